The van der Waals surface area contributed by atoms with Crippen LogP contribution in [-0.2, 0) is 24.4 Å². The fourth-order valence-electron chi connectivity index (χ4n) is 2.27. The van der Waals surface area contributed by atoms with Crippen molar-refractivity contribution < 1.29 is 14.7 Å². The Morgan fingerprint density at radius 2 is 1.96 bits per heavy atom. The van der Waals surface area contributed by atoms with Gasteiger partial charge in [0, 0.05) is 30.7 Å². The highest BCUT2D eigenvalue weighted by Crippen LogP contribution is 2.09. The summed E-state index contributed by atoms with van der Waals surface area (Å²) in [5.41, 5.74) is 1.68. The lowest BCUT2D eigenvalue weighted by Gasteiger charge is -2.00. The van der Waals surface area contributed by atoms with Gasteiger partial charge in [0.15, 0.2) is 5.69 Å². The van der Waals surface area contributed by atoms with E-state index in [1.165, 1.54) is 23.1 Å². The van der Waals surface area contributed by atoms with Crippen LogP contribution in [0, 0.1) is 0 Å². The van der Waals surface area contributed by atoms with Crippen molar-refractivity contribution in [3.05, 3.63) is 48.3 Å². The van der Waals surface area contributed by atoms with Crippen LogP contribution in [0.15, 0.2) is 37.1 Å². The van der Waals surface area contributed by atoms with Gasteiger partial charge < -0.3 is 10.4 Å². The van der Waals surface area contributed by atoms with Gasteiger partial charge in [0.1, 0.15) is 6.54 Å². The number of carbonyl (C=O) groups is 2. The van der Waals surface area contributed by atoms with E-state index in [0.717, 1.165) is 12.1 Å². The summed E-state index contributed by atoms with van der Waals surface area (Å²) >= 11 is 0. The van der Waals surface area contributed by atoms with Gasteiger partial charge in [0.25, 0.3) is 5.91 Å². The lowest BCUT2D eigenvalue weighted by atomic mass is 10.3. The summed E-state index contributed by atoms with van der Waals surface area (Å²) in [6.45, 7) is 3.06. The lowest BCUT2D eigenvalue weighted by molar-refractivity contribution is -0.137. The summed E-state index contributed by atoms with van der Waals surface area (Å²) < 4.78 is 4.71. The van der Waals surface area contributed by atoms with Crippen LogP contribution in [0.4, 0.5) is 5.69 Å². The third kappa shape index (κ3) is 4.10. The molecule has 10 nitrogen and oxygen atoms in total. The molecule has 1 amide bonds. The maximum Gasteiger partial charge on any atom is 0.325 e. The second kappa shape index (κ2) is 6.99. The normalized spacial score (nSPS) is 10.8. The highest BCUT2D eigenvalue weighted by Gasteiger charge is 2.12. The molecule has 0 aliphatic rings. The van der Waals surface area contributed by atoms with Crippen molar-refractivity contribution in [1.29, 1.82) is 0 Å². The fraction of sp³-hybridized carbons (Fsp3) is 0.267. The van der Waals surface area contributed by atoms with Gasteiger partial charge in [-0.3, -0.25) is 23.6 Å². The summed E-state index contributed by atoms with van der Waals surface area (Å²) in [7, 11) is 0. The minimum Gasteiger partial charge on any atom is -0.480 e. The number of carboxylic acid groups (broad SMARTS) is 1. The molecule has 3 rings (SSSR count). The fourth-order valence-corrected chi connectivity index (χ4v) is 2.27. The molecule has 3 aromatic rings. The molecule has 0 unspecified atom stereocenters. The van der Waals surface area contributed by atoms with Crippen LogP contribution in [0.3, 0.4) is 0 Å². The molecule has 0 aliphatic carbocycles. The first kappa shape index (κ1) is 16.4. The first-order valence-corrected chi connectivity index (χ1v) is 7.64. The quantitative estimate of drug-likeness (QED) is 0.651. The molecule has 3 aromatic heterocycles. The summed E-state index contributed by atoms with van der Waals surface area (Å²) in [5.74, 6) is -1.45. The Bertz CT molecular complexity index is 892. The largest absolute Gasteiger partial charge is 0.480 e. The van der Waals surface area contributed by atoms with E-state index in [2.05, 4.69) is 20.6 Å². The number of aliphatic carboxylic acids is 1. The summed E-state index contributed by atoms with van der Waals surface area (Å²) in [6, 6.07) is 1.46. The van der Waals surface area contributed by atoms with E-state index in [1.54, 1.807) is 17.1 Å². The Morgan fingerprint density at radius 1 is 1.16 bits per heavy atom. The van der Waals surface area contributed by atoms with Gasteiger partial charge in [-0.25, -0.2) is 0 Å². The van der Waals surface area contributed by atoms with Crippen molar-refractivity contribution in [2.75, 3.05) is 5.32 Å². The number of anilines is 1. The average molecular weight is 343 g/mol. The Labute approximate surface area is 142 Å². The number of aromatic nitrogens is 6. The molecule has 25 heavy (non-hydrogen) atoms. The Hall–Kier alpha value is -3.43. The van der Waals surface area contributed by atoms with Crippen LogP contribution < -0.4 is 5.32 Å². The molecule has 3 heterocycles. The highest BCUT2D eigenvalue weighted by molar-refractivity contribution is 6.02. The molecular weight excluding hydrogens is 326 g/mol. The molecular formula is C15H17N7O3. The number of carbonyl (C=O) groups excluding carboxylic acids is 1. The number of hydrogen-bond donors (Lipinski definition) is 2. The number of carboxylic acids is 1. The van der Waals surface area contributed by atoms with Gasteiger partial charge in [-0.15, -0.1) is 0 Å². The van der Waals surface area contributed by atoms with E-state index in [-0.39, 0.29) is 12.2 Å². The zero-order chi connectivity index (χ0) is 17.8. The number of rotatable bonds is 7. The minimum atomic E-state index is -1.03. The highest BCUT2D eigenvalue weighted by atomic mass is 16.4. The van der Waals surface area contributed by atoms with Gasteiger partial charge in [-0.2, -0.15) is 15.3 Å². The third-order valence-corrected chi connectivity index (χ3v) is 3.42. The van der Waals surface area contributed by atoms with Crippen molar-refractivity contribution in [1.82, 2.24) is 29.3 Å². The molecule has 0 fully saturated rings. The smallest absolute Gasteiger partial charge is 0.325 e. The summed E-state index contributed by atoms with van der Waals surface area (Å²) in [6.07, 6.45) is 8.40. The van der Waals surface area contributed by atoms with Gasteiger partial charge in [-0.1, -0.05) is 0 Å². The second-order valence-electron chi connectivity index (χ2n) is 5.38. The molecule has 0 saturated carbocycles. The Morgan fingerprint density at radius 3 is 2.68 bits per heavy atom. The molecule has 10 heteroatoms. The molecule has 0 radical (unpaired) electrons. The summed E-state index contributed by atoms with van der Waals surface area (Å²) in [4.78, 5) is 22.8. The van der Waals surface area contributed by atoms with Crippen molar-refractivity contribution in [3.8, 4) is 0 Å². The minimum absolute atomic E-state index is 0.137. The van der Waals surface area contributed by atoms with Crippen LogP contribution in [0.1, 0.15) is 23.0 Å². The van der Waals surface area contributed by atoms with E-state index in [1.807, 2.05) is 17.8 Å². The van der Waals surface area contributed by atoms with E-state index in [0.29, 0.717) is 12.2 Å². The molecule has 0 aromatic carbocycles. The van der Waals surface area contributed by atoms with Crippen molar-refractivity contribution >= 4 is 17.6 Å². The monoisotopic (exact) mass is 343 g/mol. The second-order valence-corrected chi connectivity index (χ2v) is 5.38. The van der Waals surface area contributed by atoms with Crippen LogP contribution in [0.25, 0.3) is 0 Å². The zero-order valence-electron chi connectivity index (χ0n) is 13.5. The van der Waals surface area contributed by atoms with E-state index >= 15 is 0 Å². The van der Waals surface area contributed by atoms with Crippen molar-refractivity contribution in [2.45, 2.75) is 26.6 Å². The van der Waals surface area contributed by atoms with Gasteiger partial charge in [0.2, 0.25) is 0 Å². The molecule has 130 valence electrons. The first-order valence-electron chi connectivity index (χ1n) is 7.64. The first-order chi connectivity index (χ1) is 12.0. The van der Waals surface area contributed by atoms with E-state index in [4.69, 9.17) is 5.11 Å². The Balaban J connectivity index is 1.61. The third-order valence-electron chi connectivity index (χ3n) is 3.42. The molecule has 0 bridgehead atoms. The maximum absolute atomic E-state index is 12.1. The number of amides is 1. The van der Waals surface area contributed by atoms with Gasteiger partial charge in [0.05, 0.1) is 24.6 Å². The predicted molar refractivity (Wildman–Crippen MR) is 87.0 cm³/mol. The molecule has 0 atom stereocenters. The number of nitrogens with one attached hydrogen (secondary N) is 1. The van der Waals surface area contributed by atoms with E-state index < -0.39 is 11.9 Å². The maximum atomic E-state index is 12.1. The zero-order valence-corrected chi connectivity index (χ0v) is 13.5. The van der Waals surface area contributed by atoms with Crippen LogP contribution in [-0.4, -0.2) is 46.3 Å². The van der Waals surface area contributed by atoms with Gasteiger partial charge in [-0.05, 0) is 13.0 Å². The molecule has 0 saturated heterocycles. The van der Waals surface area contributed by atoms with Crippen LogP contribution in [0.5, 0.6) is 0 Å². The standard InChI is InChI=1S/C15H17N7O3/c1-2-20-7-11(5-16-20)8-22-9-12(6-17-22)18-15(25)13-3-4-21(19-13)10-14(23)24/h3-7,9H,2,8,10H2,1H3,(H,18,25)(H,23,24). The SMILES string of the molecule is CCn1cc(Cn2cc(NC(=O)c3ccn(CC(=O)O)n3)cn2)cn1. The lowest BCUT2D eigenvalue weighted by Crippen LogP contribution is -2.14. The molecule has 0 aliphatic heterocycles. The molecule has 2 N–H and O–H groups in total. The van der Waals surface area contributed by atoms with Crippen molar-refractivity contribution in [3.63, 3.8) is 0 Å². The average Bonchev–Trinajstić information content (AvgIpc) is 3.28. The topological polar surface area (TPSA) is 120 Å². The summed E-state index contributed by atoms with van der Waals surface area (Å²) in [5, 5.41) is 23.7. The predicted octanol–water partition coefficient (Wildman–Crippen LogP) is 0.681. The Kier molecular flexibility index (Phi) is 4.59. The number of nitrogens with zero attached hydrogens (tertiary/aromatic N) is 6. The number of hydrogen-bond acceptors (Lipinski definition) is 5. The van der Waals surface area contributed by atoms with Crippen LogP contribution >= 0.6 is 0 Å². The molecule has 0 spiro atoms. The van der Waals surface area contributed by atoms with E-state index in [9.17, 15) is 9.59 Å². The number of aryl methyl sites for hydroxylation is 1. The van der Waals surface area contributed by atoms with Crippen molar-refractivity contribution in [2.24, 2.45) is 0 Å². The van der Waals surface area contributed by atoms with Crippen LogP contribution in [0.2, 0.25) is 0 Å². The van der Waals surface area contributed by atoms with Gasteiger partial charge >= 0.3 is 5.97 Å².